The van der Waals surface area contributed by atoms with Gasteiger partial charge in [-0.2, -0.15) is 0 Å². The van der Waals surface area contributed by atoms with Crippen molar-refractivity contribution in [1.29, 1.82) is 0 Å². The number of allylic oxidation sites excluding steroid dienone is 5. The second-order valence-electron chi connectivity index (χ2n) is 6.31. The average molecular weight is 449 g/mol. The van der Waals surface area contributed by atoms with E-state index in [-0.39, 0.29) is 20.7 Å². The fraction of sp³-hybridized carbons (Fsp3) is 0.174. The predicted octanol–water partition coefficient (Wildman–Crippen LogP) is 6.38. The summed E-state index contributed by atoms with van der Waals surface area (Å²) < 4.78 is 25.1. The molecule has 0 aromatic heterocycles. The van der Waals surface area contributed by atoms with Gasteiger partial charge in [-0.1, -0.05) is 71.8 Å². The average Bonchev–Trinajstić information content (AvgIpc) is 2.71. The van der Waals surface area contributed by atoms with E-state index < -0.39 is 9.84 Å². The molecule has 0 heterocycles. The smallest absolute Gasteiger partial charge is 0.201 e. The van der Waals surface area contributed by atoms with Crippen LogP contribution in [-0.2, 0) is 21.1 Å². The third kappa shape index (κ3) is 7.32. The van der Waals surface area contributed by atoms with E-state index in [0.29, 0.717) is 18.4 Å². The van der Waals surface area contributed by atoms with Crippen LogP contribution in [0.15, 0.2) is 88.7 Å². The summed E-state index contributed by atoms with van der Waals surface area (Å²) in [5, 5.41) is 1.19. The molecule has 0 saturated heterocycles. The van der Waals surface area contributed by atoms with Crippen LogP contribution in [0.5, 0.6) is 0 Å². The zero-order chi connectivity index (χ0) is 21.3. The number of aryl methyl sites for hydroxylation is 1. The first-order valence-electron chi connectivity index (χ1n) is 9.10. The maximum Gasteiger partial charge on any atom is 0.201 e. The highest BCUT2D eigenvalue weighted by Crippen LogP contribution is 2.26. The molecule has 152 valence electrons. The van der Waals surface area contributed by atoms with Gasteiger partial charge in [0.05, 0.1) is 9.92 Å². The predicted molar refractivity (Wildman–Crippen MR) is 120 cm³/mol. The highest BCUT2D eigenvalue weighted by Gasteiger charge is 2.16. The van der Waals surface area contributed by atoms with E-state index in [1.807, 2.05) is 55.5 Å². The summed E-state index contributed by atoms with van der Waals surface area (Å²) in [7, 11) is -3.89. The molecule has 0 aliphatic carbocycles. The van der Waals surface area contributed by atoms with E-state index in [9.17, 15) is 13.2 Å². The molecule has 3 nitrogen and oxygen atoms in total. The Morgan fingerprint density at radius 3 is 2.48 bits per heavy atom. The monoisotopic (exact) mass is 448 g/mol. The van der Waals surface area contributed by atoms with Crippen LogP contribution in [0.1, 0.15) is 25.3 Å². The van der Waals surface area contributed by atoms with Gasteiger partial charge in [0.1, 0.15) is 0 Å². The van der Waals surface area contributed by atoms with E-state index in [2.05, 4.69) is 0 Å². The Bertz CT molecular complexity index is 1040. The number of halogens is 2. The molecule has 0 atom stereocenters. The van der Waals surface area contributed by atoms with Crippen LogP contribution in [0.3, 0.4) is 0 Å². The Kier molecular flexibility index (Phi) is 8.90. The topological polar surface area (TPSA) is 51.2 Å². The normalized spacial score (nSPS) is 12.7. The second-order valence-corrected chi connectivity index (χ2v) is 8.96. The van der Waals surface area contributed by atoms with Crippen LogP contribution in [0.4, 0.5) is 0 Å². The maximum absolute atomic E-state index is 12.6. The van der Waals surface area contributed by atoms with Crippen LogP contribution in [0, 0.1) is 0 Å². The van der Waals surface area contributed by atoms with Crippen LogP contribution >= 0.6 is 23.2 Å². The first-order chi connectivity index (χ1) is 13.8. The van der Waals surface area contributed by atoms with Crippen molar-refractivity contribution in [2.75, 3.05) is 0 Å². The molecule has 0 spiro atoms. The Morgan fingerprint density at radius 2 is 1.79 bits per heavy atom. The minimum atomic E-state index is -3.89. The fourth-order valence-corrected chi connectivity index (χ4v) is 4.37. The van der Waals surface area contributed by atoms with Gasteiger partial charge in [0.15, 0.2) is 5.78 Å². The molecule has 0 aliphatic rings. The quantitative estimate of drug-likeness (QED) is 0.330. The van der Waals surface area contributed by atoms with E-state index in [1.165, 1.54) is 23.8 Å². The lowest BCUT2D eigenvalue weighted by Gasteiger charge is -2.04. The van der Waals surface area contributed by atoms with Crippen molar-refractivity contribution >= 4 is 38.8 Å². The summed E-state index contributed by atoms with van der Waals surface area (Å²) in [5.41, 5.74) is 1.72. The van der Waals surface area contributed by atoms with Gasteiger partial charge in [0.25, 0.3) is 0 Å². The lowest BCUT2D eigenvalue weighted by atomic mass is 10.0. The highest BCUT2D eigenvalue weighted by molar-refractivity contribution is 7.94. The number of sulfone groups is 1. The molecule has 6 heteroatoms. The molecule has 0 unspecified atom stereocenters. The van der Waals surface area contributed by atoms with Crippen LogP contribution in [0.25, 0.3) is 0 Å². The highest BCUT2D eigenvalue weighted by atomic mass is 35.5. The maximum atomic E-state index is 12.6. The van der Waals surface area contributed by atoms with E-state index in [0.717, 1.165) is 17.9 Å². The molecule has 0 bridgehead atoms. The molecule has 0 fully saturated rings. The van der Waals surface area contributed by atoms with Gasteiger partial charge < -0.3 is 0 Å². The third-order valence-electron chi connectivity index (χ3n) is 4.15. The number of carbonyl (C=O) groups excluding carboxylic acids is 1. The van der Waals surface area contributed by atoms with Crippen LogP contribution in [0.2, 0.25) is 10.0 Å². The lowest BCUT2D eigenvalue weighted by molar-refractivity contribution is -0.111. The molecular formula is C23H22Cl2O3S. The van der Waals surface area contributed by atoms with Crippen molar-refractivity contribution in [2.24, 2.45) is 0 Å². The van der Waals surface area contributed by atoms with Gasteiger partial charge in [-0.15, -0.1) is 0 Å². The minimum Gasteiger partial charge on any atom is -0.290 e. The van der Waals surface area contributed by atoms with Crippen LogP contribution < -0.4 is 0 Å². The summed E-state index contributed by atoms with van der Waals surface area (Å²) in [6.45, 7) is 1.87. The SMILES string of the molecule is C/C=C\C/C(=C\CCc1ccccc1)C(=O)/C=C/S(=O)(=O)c1cc(Cl)ccc1Cl. The number of hydrogen-bond donors (Lipinski definition) is 0. The first-order valence-corrected chi connectivity index (χ1v) is 11.4. The van der Waals surface area contributed by atoms with Gasteiger partial charge in [0, 0.05) is 10.4 Å². The fourth-order valence-electron chi connectivity index (χ4n) is 2.61. The number of benzene rings is 2. The minimum absolute atomic E-state index is 0.0547. The Labute approximate surface area is 182 Å². The molecule has 0 radical (unpaired) electrons. The summed E-state index contributed by atoms with van der Waals surface area (Å²) in [6.07, 6.45) is 8.57. The first kappa shape index (κ1) is 23.1. The van der Waals surface area contributed by atoms with Gasteiger partial charge in [0.2, 0.25) is 9.84 Å². The molecule has 2 rings (SSSR count). The van der Waals surface area contributed by atoms with Gasteiger partial charge in [-0.3, -0.25) is 4.79 Å². The van der Waals surface area contributed by atoms with E-state index in [4.69, 9.17) is 23.2 Å². The summed E-state index contributed by atoms with van der Waals surface area (Å²) in [4.78, 5) is 12.5. The largest absolute Gasteiger partial charge is 0.290 e. The third-order valence-corrected chi connectivity index (χ3v) is 6.28. The van der Waals surface area contributed by atoms with Crippen molar-refractivity contribution in [3.8, 4) is 0 Å². The molecule has 29 heavy (non-hydrogen) atoms. The van der Waals surface area contributed by atoms with Crippen molar-refractivity contribution in [1.82, 2.24) is 0 Å². The molecule has 2 aromatic carbocycles. The van der Waals surface area contributed by atoms with Gasteiger partial charge in [-0.25, -0.2) is 8.42 Å². The zero-order valence-electron chi connectivity index (χ0n) is 16.0. The summed E-state index contributed by atoms with van der Waals surface area (Å²) in [6, 6.07) is 14.1. The van der Waals surface area contributed by atoms with Crippen molar-refractivity contribution in [3.05, 3.63) is 99.4 Å². The van der Waals surface area contributed by atoms with E-state index in [1.54, 1.807) is 0 Å². The molecule has 0 aliphatic heterocycles. The standard InChI is InChI=1S/C23H22Cl2O3S/c1-2-3-11-19(12-7-10-18-8-5-4-6-9-18)22(26)15-16-29(27,28)23-17-20(24)13-14-21(23)25/h2-6,8-9,12-17H,7,10-11H2,1H3/b3-2-,16-15+,19-12+. The summed E-state index contributed by atoms with van der Waals surface area (Å²) in [5.74, 6) is -0.349. The Morgan fingerprint density at radius 1 is 1.07 bits per heavy atom. The number of rotatable bonds is 9. The Balaban J connectivity index is 2.17. The van der Waals surface area contributed by atoms with Crippen molar-refractivity contribution in [3.63, 3.8) is 0 Å². The lowest BCUT2D eigenvalue weighted by Crippen LogP contribution is -2.02. The molecule has 0 amide bonds. The molecular weight excluding hydrogens is 427 g/mol. The van der Waals surface area contributed by atoms with E-state index >= 15 is 0 Å². The molecule has 0 N–H and O–H groups in total. The van der Waals surface area contributed by atoms with Crippen molar-refractivity contribution < 1.29 is 13.2 Å². The zero-order valence-corrected chi connectivity index (χ0v) is 18.3. The second kappa shape index (κ2) is 11.1. The number of carbonyl (C=O) groups is 1. The molecule has 2 aromatic rings. The van der Waals surface area contributed by atoms with Gasteiger partial charge >= 0.3 is 0 Å². The number of ketones is 1. The summed E-state index contributed by atoms with van der Waals surface area (Å²) >= 11 is 11.8. The number of hydrogen-bond acceptors (Lipinski definition) is 3. The Hall–Kier alpha value is -2.14. The van der Waals surface area contributed by atoms with Gasteiger partial charge in [-0.05, 0) is 61.6 Å². The molecule has 0 saturated carbocycles. The van der Waals surface area contributed by atoms with Crippen molar-refractivity contribution in [2.45, 2.75) is 31.1 Å². The van der Waals surface area contributed by atoms with Crippen LogP contribution in [-0.4, -0.2) is 14.2 Å².